The summed E-state index contributed by atoms with van der Waals surface area (Å²) < 4.78 is 11.0. The zero-order chi connectivity index (χ0) is 16.1. The van der Waals surface area contributed by atoms with Gasteiger partial charge < -0.3 is 14.8 Å². The summed E-state index contributed by atoms with van der Waals surface area (Å²) in [4.78, 5) is 12.0. The molecule has 0 saturated heterocycles. The summed E-state index contributed by atoms with van der Waals surface area (Å²) in [6.07, 6.45) is 3.45. The molecule has 1 amide bonds. The molecule has 2 aromatic carbocycles. The molecular formula is C19H21NO3. The first kappa shape index (κ1) is 15.4. The van der Waals surface area contributed by atoms with Gasteiger partial charge in [-0.1, -0.05) is 6.07 Å². The van der Waals surface area contributed by atoms with Crippen LogP contribution in [0.15, 0.2) is 42.5 Å². The van der Waals surface area contributed by atoms with E-state index >= 15 is 0 Å². The monoisotopic (exact) mass is 311 g/mol. The zero-order valence-corrected chi connectivity index (χ0v) is 13.3. The summed E-state index contributed by atoms with van der Waals surface area (Å²) in [5.41, 5.74) is 3.47. The molecule has 0 saturated carbocycles. The first-order chi connectivity index (χ1) is 11.2. The van der Waals surface area contributed by atoms with E-state index in [1.807, 2.05) is 43.3 Å². The minimum atomic E-state index is -0.172. The SMILES string of the molecule is CCOc1ccc(NC(=O)COc2ccc3c(c2)CCC3)cc1. The number of carbonyl (C=O) groups excluding carboxylic acids is 1. The van der Waals surface area contributed by atoms with E-state index in [1.165, 1.54) is 17.5 Å². The summed E-state index contributed by atoms with van der Waals surface area (Å²) in [5, 5.41) is 2.81. The Morgan fingerprint density at radius 2 is 1.74 bits per heavy atom. The second-order valence-electron chi connectivity index (χ2n) is 5.58. The molecular weight excluding hydrogens is 290 g/mol. The van der Waals surface area contributed by atoms with Crippen molar-refractivity contribution >= 4 is 11.6 Å². The number of benzene rings is 2. The van der Waals surface area contributed by atoms with Crippen molar-refractivity contribution in [3.8, 4) is 11.5 Å². The molecule has 3 rings (SSSR count). The van der Waals surface area contributed by atoms with Crippen molar-refractivity contribution in [2.75, 3.05) is 18.5 Å². The predicted octanol–water partition coefficient (Wildman–Crippen LogP) is 3.59. The molecule has 0 radical (unpaired) electrons. The van der Waals surface area contributed by atoms with E-state index < -0.39 is 0 Å². The number of ether oxygens (including phenoxy) is 2. The fraction of sp³-hybridized carbons (Fsp3) is 0.316. The van der Waals surface area contributed by atoms with Crippen LogP contribution in [0, 0.1) is 0 Å². The smallest absolute Gasteiger partial charge is 0.262 e. The number of nitrogens with one attached hydrogen (secondary N) is 1. The highest BCUT2D eigenvalue weighted by Crippen LogP contribution is 2.26. The highest BCUT2D eigenvalue weighted by Gasteiger charge is 2.12. The van der Waals surface area contributed by atoms with E-state index in [4.69, 9.17) is 9.47 Å². The Hall–Kier alpha value is -2.49. The lowest BCUT2D eigenvalue weighted by molar-refractivity contribution is -0.118. The van der Waals surface area contributed by atoms with Crippen LogP contribution in [0.1, 0.15) is 24.5 Å². The van der Waals surface area contributed by atoms with Crippen LogP contribution in [-0.4, -0.2) is 19.1 Å². The molecule has 1 aliphatic carbocycles. The largest absolute Gasteiger partial charge is 0.494 e. The average Bonchev–Trinajstić information content (AvgIpc) is 3.03. The van der Waals surface area contributed by atoms with Gasteiger partial charge in [0.15, 0.2) is 6.61 Å². The molecule has 1 aliphatic rings. The van der Waals surface area contributed by atoms with Gasteiger partial charge in [0, 0.05) is 5.69 Å². The number of hydrogen-bond acceptors (Lipinski definition) is 3. The molecule has 1 N–H and O–H groups in total. The van der Waals surface area contributed by atoms with Gasteiger partial charge in [-0.2, -0.15) is 0 Å². The Labute approximate surface area is 136 Å². The molecule has 4 nitrogen and oxygen atoms in total. The van der Waals surface area contributed by atoms with Gasteiger partial charge in [0.25, 0.3) is 5.91 Å². The standard InChI is InChI=1S/C19H21NO3/c1-2-22-17-10-7-16(8-11-17)20-19(21)13-23-18-9-6-14-4-3-5-15(14)12-18/h6-12H,2-5,13H2,1H3,(H,20,21). The lowest BCUT2D eigenvalue weighted by Crippen LogP contribution is -2.20. The van der Waals surface area contributed by atoms with Gasteiger partial charge in [0.1, 0.15) is 11.5 Å². The molecule has 120 valence electrons. The summed E-state index contributed by atoms with van der Waals surface area (Å²) in [7, 11) is 0. The maximum atomic E-state index is 12.0. The summed E-state index contributed by atoms with van der Waals surface area (Å²) in [5.74, 6) is 1.38. The minimum Gasteiger partial charge on any atom is -0.494 e. The van der Waals surface area contributed by atoms with Crippen LogP contribution >= 0.6 is 0 Å². The van der Waals surface area contributed by atoms with Crippen molar-refractivity contribution in [1.82, 2.24) is 0 Å². The molecule has 0 heterocycles. The van der Waals surface area contributed by atoms with Crippen LogP contribution in [0.25, 0.3) is 0 Å². The van der Waals surface area contributed by atoms with E-state index in [2.05, 4.69) is 11.4 Å². The number of aryl methyl sites for hydroxylation is 2. The van der Waals surface area contributed by atoms with Gasteiger partial charge in [0.05, 0.1) is 6.61 Å². The number of fused-ring (bicyclic) bond motifs is 1. The van der Waals surface area contributed by atoms with Crippen LogP contribution in [-0.2, 0) is 17.6 Å². The van der Waals surface area contributed by atoms with Crippen molar-refractivity contribution in [3.63, 3.8) is 0 Å². The van der Waals surface area contributed by atoms with Crippen molar-refractivity contribution in [2.24, 2.45) is 0 Å². The third-order valence-corrected chi connectivity index (χ3v) is 3.89. The molecule has 0 atom stereocenters. The van der Waals surface area contributed by atoms with E-state index in [0.29, 0.717) is 6.61 Å². The molecule has 0 spiro atoms. The fourth-order valence-electron chi connectivity index (χ4n) is 2.79. The zero-order valence-electron chi connectivity index (χ0n) is 13.3. The van der Waals surface area contributed by atoms with Crippen LogP contribution in [0.5, 0.6) is 11.5 Å². The Kier molecular flexibility index (Phi) is 4.81. The number of carbonyl (C=O) groups is 1. The number of hydrogen-bond donors (Lipinski definition) is 1. The third kappa shape index (κ3) is 4.03. The van der Waals surface area contributed by atoms with Crippen molar-refractivity contribution < 1.29 is 14.3 Å². The van der Waals surface area contributed by atoms with Crippen molar-refractivity contribution in [2.45, 2.75) is 26.2 Å². The summed E-state index contributed by atoms with van der Waals surface area (Å²) >= 11 is 0. The normalized spacial score (nSPS) is 12.6. The van der Waals surface area contributed by atoms with Crippen LogP contribution in [0.4, 0.5) is 5.69 Å². The van der Waals surface area contributed by atoms with E-state index in [-0.39, 0.29) is 12.5 Å². The number of anilines is 1. The average molecular weight is 311 g/mol. The van der Waals surface area contributed by atoms with E-state index in [0.717, 1.165) is 30.0 Å². The quantitative estimate of drug-likeness (QED) is 0.887. The molecule has 2 aromatic rings. The molecule has 0 fully saturated rings. The van der Waals surface area contributed by atoms with Gasteiger partial charge >= 0.3 is 0 Å². The Bertz CT molecular complexity index is 680. The van der Waals surface area contributed by atoms with Gasteiger partial charge in [-0.05, 0) is 73.7 Å². The molecule has 0 aromatic heterocycles. The lowest BCUT2D eigenvalue weighted by Gasteiger charge is -2.09. The second kappa shape index (κ2) is 7.18. The van der Waals surface area contributed by atoms with Crippen LogP contribution in [0.2, 0.25) is 0 Å². The fourth-order valence-corrected chi connectivity index (χ4v) is 2.79. The Morgan fingerprint density at radius 3 is 2.52 bits per heavy atom. The maximum absolute atomic E-state index is 12.0. The second-order valence-corrected chi connectivity index (χ2v) is 5.58. The van der Waals surface area contributed by atoms with Gasteiger partial charge in [-0.15, -0.1) is 0 Å². The van der Waals surface area contributed by atoms with Gasteiger partial charge in [-0.25, -0.2) is 0 Å². The minimum absolute atomic E-state index is 0.00595. The van der Waals surface area contributed by atoms with Crippen LogP contribution in [0.3, 0.4) is 0 Å². The molecule has 0 aliphatic heterocycles. The number of amides is 1. The first-order valence-corrected chi connectivity index (χ1v) is 8.02. The summed E-state index contributed by atoms with van der Waals surface area (Å²) in [6, 6.07) is 13.4. The molecule has 4 heteroatoms. The first-order valence-electron chi connectivity index (χ1n) is 8.02. The van der Waals surface area contributed by atoms with Crippen molar-refractivity contribution in [3.05, 3.63) is 53.6 Å². The maximum Gasteiger partial charge on any atom is 0.262 e. The van der Waals surface area contributed by atoms with E-state index in [1.54, 1.807) is 0 Å². The molecule has 0 unspecified atom stereocenters. The Morgan fingerprint density at radius 1 is 1.00 bits per heavy atom. The van der Waals surface area contributed by atoms with Crippen LogP contribution < -0.4 is 14.8 Å². The lowest BCUT2D eigenvalue weighted by atomic mass is 10.1. The molecule has 0 bridgehead atoms. The third-order valence-electron chi connectivity index (χ3n) is 3.89. The highest BCUT2D eigenvalue weighted by molar-refractivity contribution is 5.91. The highest BCUT2D eigenvalue weighted by atomic mass is 16.5. The van der Waals surface area contributed by atoms with Gasteiger partial charge in [0.2, 0.25) is 0 Å². The van der Waals surface area contributed by atoms with Gasteiger partial charge in [-0.3, -0.25) is 4.79 Å². The number of rotatable bonds is 6. The summed E-state index contributed by atoms with van der Waals surface area (Å²) in [6.45, 7) is 2.57. The Balaban J connectivity index is 1.51. The van der Waals surface area contributed by atoms with E-state index in [9.17, 15) is 4.79 Å². The van der Waals surface area contributed by atoms with Crippen molar-refractivity contribution in [1.29, 1.82) is 0 Å². The predicted molar refractivity (Wildman–Crippen MR) is 90.2 cm³/mol. The topological polar surface area (TPSA) is 47.6 Å². The molecule has 23 heavy (non-hydrogen) atoms.